The average Bonchev–Trinajstić information content (AvgIpc) is 3.27. The molecule has 1 aliphatic carbocycles. The summed E-state index contributed by atoms with van der Waals surface area (Å²) in [5.74, 6) is -0.117. The molecule has 1 amide bonds. The molecular weight excluding hydrogens is 290 g/mol. The van der Waals surface area contributed by atoms with Crippen LogP contribution in [0.5, 0.6) is 0 Å². The molecule has 1 saturated carbocycles. The maximum absolute atomic E-state index is 12.2. The van der Waals surface area contributed by atoms with Crippen molar-refractivity contribution in [3.63, 3.8) is 0 Å². The van der Waals surface area contributed by atoms with E-state index >= 15 is 0 Å². The van der Waals surface area contributed by atoms with Crippen LogP contribution < -0.4 is 5.32 Å². The first kappa shape index (κ1) is 14.4. The van der Waals surface area contributed by atoms with Gasteiger partial charge in [-0.05, 0) is 25.3 Å². The van der Waals surface area contributed by atoms with Crippen LogP contribution in [0.1, 0.15) is 47.9 Å². The molecule has 1 aromatic carbocycles. The Morgan fingerprint density at radius 3 is 2.70 bits per heavy atom. The van der Waals surface area contributed by atoms with Crippen LogP contribution in [-0.4, -0.2) is 44.9 Å². The Kier molecular flexibility index (Phi) is 3.61. The zero-order valence-corrected chi connectivity index (χ0v) is 13.2. The minimum atomic E-state index is -0.117. The number of nitrogens with one attached hydrogen (secondary N) is 1. The summed E-state index contributed by atoms with van der Waals surface area (Å²) < 4.78 is 1.81. The maximum atomic E-state index is 12.2. The number of likely N-dealkylation sites (tertiary alicyclic amines) is 1. The highest BCUT2D eigenvalue weighted by molar-refractivity contribution is 5.92. The smallest absolute Gasteiger partial charge is 0.273 e. The van der Waals surface area contributed by atoms with Gasteiger partial charge in [-0.25, -0.2) is 4.68 Å². The van der Waals surface area contributed by atoms with E-state index in [2.05, 4.69) is 51.7 Å². The van der Waals surface area contributed by atoms with Crippen LogP contribution in [-0.2, 0) is 0 Å². The lowest BCUT2D eigenvalue weighted by atomic mass is 10.0. The second-order valence-electron chi connectivity index (χ2n) is 6.53. The molecule has 0 unspecified atom stereocenters. The molecule has 120 valence electrons. The zero-order chi connectivity index (χ0) is 15.8. The molecule has 2 heterocycles. The number of aromatic nitrogens is 3. The van der Waals surface area contributed by atoms with E-state index in [-0.39, 0.29) is 11.9 Å². The lowest BCUT2D eigenvalue weighted by molar-refractivity contribution is 0.0672. The van der Waals surface area contributed by atoms with Crippen molar-refractivity contribution in [2.24, 2.45) is 0 Å². The Balaban J connectivity index is 1.29. The van der Waals surface area contributed by atoms with Crippen LogP contribution >= 0.6 is 0 Å². The second-order valence-corrected chi connectivity index (χ2v) is 6.53. The molecule has 1 aliphatic heterocycles. The van der Waals surface area contributed by atoms with Gasteiger partial charge in [0.15, 0.2) is 5.69 Å². The lowest BCUT2D eigenvalue weighted by Crippen LogP contribution is -2.59. The summed E-state index contributed by atoms with van der Waals surface area (Å²) in [6, 6.07) is 11.5. The second kappa shape index (κ2) is 5.77. The summed E-state index contributed by atoms with van der Waals surface area (Å²) in [7, 11) is 0. The van der Waals surface area contributed by atoms with Gasteiger partial charge in [0.2, 0.25) is 0 Å². The SMILES string of the molecule is C[C@H](c1ccccc1)N1CC(NC(=O)c2cn(C3CC3)nn2)C1. The van der Waals surface area contributed by atoms with Gasteiger partial charge in [0.05, 0.1) is 18.3 Å². The van der Waals surface area contributed by atoms with Crippen molar-refractivity contribution in [3.05, 3.63) is 47.8 Å². The standard InChI is InChI=1S/C17H21N5O/c1-12(13-5-3-2-4-6-13)21-9-14(10-21)18-17(23)16-11-22(20-19-16)15-7-8-15/h2-6,11-12,14-15H,7-10H2,1H3,(H,18,23)/t12-/m1/s1. The van der Waals surface area contributed by atoms with E-state index < -0.39 is 0 Å². The molecule has 4 rings (SSSR count). The number of rotatable bonds is 5. The molecule has 2 aliphatic rings. The van der Waals surface area contributed by atoms with Crippen molar-refractivity contribution in [2.75, 3.05) is 13.1 Å². The van der Waals surface area contributed by atoms with E-state index in [0.717, 1.165) is 25.9 Å². The molecule has 0 bridgehead atoms. The van der Waals surface area contributed by atoms with Crippen molar-refractivity contribution < 1.29 is 4.79 Å². The van der Waals surface area contributed by atoms with E-state index in [0.29, 0.717) is 17.8 Å². The fourth-order valence-electron chi connectivity index (χ4n) is 3.02. The summed E-state index contributed by atoms with van der Waals surface area (Å²) >= 11 is 0. The maximum Gasteiger partial charge on any atom is 0.273 e. The number of hydrogen-bond acceptors (Lipinski definition) is 4. The molecule has 1 N–H and O–H groups in total. The summed E-state index contributed by atoms with van der Waals surface area (Å²) in [6.07, 6.45) is 4.04. The first-order valence-electron chi connectivity index (χ1n) is 8.22. The van der Waals surface area contributed by atoms with Gasteiger partial charge < -0.3 is 5.32 Å². The van der Waals surface area contributed by atoms with Gasteiger partial charge in [-0.3, -0.25) is 9.69 Å². The van der Waals surface area contributed by atoms with Crippen molar-refractivity contribution >= 4 is 5.91 Å². The molecule has 1 saturated heterocycles. The van der Waals surface area contributed by atoms with E-state index in [1.807, 2.05) is 6.07 Å². The molecule has 0 radical (unpaired) electrons. The topological polar surface area (TPSA) is 63.1 Å². The molecule has 0 spiro atoms. The molecule has 1 atom stereocenters. The Morgan fingerprint density at radius 2 is 2.00 bits per heavy atom. The monoisotopic (exact) mass is 311 g/mol. The Morgan fingerprint density at radius 1 is 1.26 bits per heavy atom. The molecular formula is C17H21N5O. The minimum absolute atomic E-state index is 0.117. The van der Waals surface area contributed by atoms with E-state index in [1.165, 1.54) is 5.56 Å². The number of nitrogens with zero attached hydrogens (tertiary/aromatic N) is 4. The lowest BCUT2D eigenvalue weighted by Gasteiger charge is -2.43. The van der Waals surface area contributed by atoms with E-state index in [1.54, 1.807) is 10.9 Å². The fraction of sp³-hybridized carbons (Fsp3) is 0.471. The van der Waals surface area contributed by atoms with Gasteiger partial charge in [0.25, 0.3) is 5.91 Å². The third-order valence-corrected chi connectivity index (χ3v) is 4.74. The number of benzene rings is 1. The predicted octanol–water partition coefficient (Wildman–Crippen LogP) is 1.79. The van der Waals surface area contributed by atoms with Gasteiger partial charge in [-0.2, -0.15) is 0 Å². The highest BCUT2D eigenvalue weighted by atomic mass is 16.2. The molecule has 6 heteroatoms. The van der Waals surface area contributed by atoms with Crippen LogP contribution in [0, 0.1) is 0 Å². The van der Waals surface area contributed by atoms with Crippen molar-refractivity contribution in [2.45, 2.75) is 37.9 Å². The molecule has 2 aromatic rings. The summed E-state index contributed by atoms with van der Waals surface area (Å²) in [5, 5.41) is 11.1. The van der Waals surface area contributed by atoms with Crippen molar-refractivity contribution in [3.8, 4) is 0 Å². The summed E-state index contributed by atoms with van der Waals surface area (Å²) in [4.78, 5) is 14.6. The number of amides is 1. The summed E-state index contributed by atoms with van der Waals surface area (Å²) in [5.41, 5.74) is 1.73. The molecule has 1 aromatic heterocycles. The molecule has 6 nitrogen and oxygen atoms in total. The third kappa shape index (κ3) is 2.99. The third-order valence-electron chi connectivity index (χ3n) is 4.74. The van der Waals surface area contributed by atoms with Crippen LogP contribution in [0.25, 0.3) is 0 Å². The number of hydrogen-bond donors (Lipinski definition) is 1. The minimum Gasteiger partial charge on any atom is -0.345 e. The highest BCUT2D eigenvalue weighted by Gasteiger charge is 2.33. The largest absolute Gasteiger partial charge is 0.345 e. The van der Waals surface area contributed by atoms with E-state index in [9.17, 15) is 4.79 Å². The van der Waals surface area contributed by atoms with Gasteiger partial charge in [0, 0.05) is 19.1 Å². The van der Waals surface area contributed by atoms with E-state index in [4.69, 9.17) is 0 Å². The first-order chi connectivity index (χ1) is 11.2. The van der Waals surface area contributed by atoms with Gasteiger partial charge >= 0.3 is 0 Å². The molecule has 23 heavy (non-hydrogen) atoms. The number of carbonyl (C=O) groups excluding carboxylic acids is 1. The van der Waals surface area contributed by atoms with Gasteiger partial charge in [-0.1, -0.05) is 35.5 Å². The van der Waals surface area contributed by atoms with Crippen molar-refractivity contribution in [1.82, 2.24) is 25.2 Å². The van der Waals surface area contributed by atoms with Gasteiger partial charge in [0.1, 0.15) is 0 Å². The summed E-state index contributed by atoms with van der Waals surface area (Å²) in [6.45, 7) is 3.95. The van der Waals surface area contributed by atoms with Crippen LogP contribution in [0.15, 0.2) is 36.5 Å². The molecule has 2 fully saturated rings. The van der Waals surface area contributed by atoms with Crippen molar-refractivity contribution in [1.29, 1.82) is 0 Å². The Labute approximate surface area is 135 Å². The highest BCUT2D eigenvalue weighted by Crippen LogP contribution is 2.33. The predicted molar refractivity (Wildman–Crippen MR) is 86.0 cm³/mol. The van der Waals surface area contributed by atoms with Crippen LogP contribution in [0.4, 0.5) is 0 Å². The number of carbonyl (C=O) groups is 1. The van der Waals surface area contributed by atoms with Crippen LogP contribution in [0.2, 0.25) is 0 Å². The zero-order valence-electron chi connectivity index (χ0n) is 13.2. The Bertz CT molecular complexity index is 688. The quantitative estimate of drug-likeness (QED) is 0.914. The Hall–Kier alpha value is -2.21. The van der Waals surface area contributed by atoms with Crippen LogP contribution in [0.3, 0.4) is 0 Å². The average molecular weight is 311 g/mol. The van der Waals surface area contributed by atoms with Gasteiger partial charge in [-0.15, -0.1) is 5.10 Å². The first-order valence-corrected chi connectivity index (χ1v) is 8.22. The fourth-order valence-corrected chi connectivity index (χ4v) is 3.02. The normalized spacial score (nSPS) is 20.0.